The second-order valence-electron chi connectivity index (χ2n) is 8.32. The van der Waals surface area contributed by atoms with E-state index in [0.29, 0.717) is 28.8 Å². The number of benzene rings is 3. The molecule has 34 heavy (non-hydrogen) atoms. The lowest BCUT2D eigenvalue weighted by molar-refractivity contribution is 0.347. The predicted octanol–water partition coefficient (Wildman–Crippen LogP) is 4.91. The van der Waals surface area contributed by atoms with Crippen LogP contribution in [0.2, 0.25) is 0 Å². The number of aromatic nitrogens is 2. The molecule has 0 saturated heterocycles. The van der Waals surface area contributed by atoms with Crippen molar-refractivity contribution in [2.24, 2.45) is 0 Å². The minimum atomic E-state index is -3.99. The number of rotatable bonds is 6. The van der Waals surface area contributed by atoms with Crippen LogP contribution in [0.4, 0.5) is 4.39 Å². The number of nitrogens with zero attached hydrogens (tertiary/aromatic N) is 3. The number of hydrogen-bond donors (Lipinski definition) is 0. The minimum absolute atomic E-state index is 0.0314. The Bertz CT molecular complexity index is 1530. The summed E-state index contributed by atoms with van der Waals surface area (Å²) in [6.45, 7) is 5.72. The summed E-state index contributed by atoms with van der Waals surface area (Å²) in [5, 5.41) is 0.449. The van der Waals surface area contributed by atoms with E-state index in [1.54, 1.807) is 24.3 Å². The van der Waals surface area contributed by atoms with E-state index >= 15 is 0 Å². The van der Waals surface area contributed by atoms with E-state index in [1.165, 1.54) is 28.1 Å². The van der Waals surface area contributed by atoms with Gasteiger partial charge in [-0.25, -0.2) is 17.8 Å². The lowest BCUT2D eigenvalue weighted by Gasteiger charge is -2.29. The molecule has 0 aliphatic heterocycles. The van der Waals surface area contributed by atoms with Crippen LogP contribution in [0.3, 0.4) is 0 Å². The quantitative estimate of drug-likeness (QED) is 0.394. The Morgan fingerprint density at radius 1 is 1.03 bits per heavy atom. The largest absolute Gasteiger partial charge is 0.268 e. The van der Waals surface area contributed by atoms with Gasteiger partial charge in [0, 0.05) is 7.05 Å². The van der Waals surface area contributed by atoms with Crippen molar-refractivity contribution >= 4 is 20.9 Å². The SMILES string of the molecule is CCC(c1nc2ccccc2c(=O)n1-c1ccc(C)cc1C)N(C)S(=O)(=O)c1ccc(F)cc1. The Balaban J connectivity index is 1.98. The maximum Gasteiger partial charge on any atom is 0.266 e. The van der Waals surface area contributed by atoms with Crippen molar-refractivity contribution in [1.29, 1.82) is 0 Å². The third-order valence-corrected chi connectivity index (χ3v) is 7.89. The Labute approximate surface area is 198 Å². The number of aryl methyl sites for hydroxylation is 2. The molecule has 8 heteroatoms. The summed E-state index contributed by atoms with van der Waals surface area (Å²) in [7, 11) is -2.53. The summed E-state index contributed by atoms with van der Waals surface area (Å²) in [5.74, 6) is -0.195. The average Bonchev–Trinajstić information content (AvgIpc) is 2.81. The van der Waals surface area contributed by atoms with Crippen LogP contribution in [0, 0.1) is 19.7 Å². The van der Waals surface area contributed by atoms with Crippen LogP contribution in [0.5, 0.6) is 0 Å². The summed E-state index contributed by atoms with van der Waals surface area (Å²) >= 11 is 0. The molecule has 1 atom stereocenters. The molecule has 0 bridgehead atoms. The van der Waals surface area contributed by atoms with E-state index in [2.05, 4.69) is 0 Å². The van der Waals surface area contributed by atoms with Gasteiger partial charge in [0.25, 0.3) is 5.56 Å². The van der Waals surface area contributed by atoms with Gasteiger partial charge in [0.15, 0.2) is 0 Å². The fraction of sp³-hybridized carbons (Fsp3) is 0.231. The highest BCUT2D eigenvalue weighted by Gasteiger charge is 2.32. The lowest BCUT2D eigenvalue weighted by Crippen LogP contribution is -2.36. The van der Waals surface area contributed by atoms with Gasteiger partial charge in [-0.2, -0.15) is 4.31 Å². The molecule has 0 fully saturated rings. The zero-order valence-electron chi connectivity index (χ0n) is 19.5. The van der Waals surface area contributed by atoms with Crippen molar-refractivity contribution in [1.82, 2.24) is 13.9 Å². The first kappa shape index (κ1) is 23.8. The first-order chi connectivity index (χ1) is 16.1. The fourth-order valence-corrected chi connectivity index (χ4v) is 5.60. The Kier molecular flexibility index (Phi) is 6.38. The molecule has 1 heterocycles. The van der Waals surface area contributed by atoms with Gasteiger partial charge in [0.1, 0.15) is 11.6 Å². The second-order valence-corrected chi connectivity index (χ2v) is 10.3. The van der Waals surface area contributed by atoms with Crippen molar-refractivity contribution in [3.8, 4) is 5.69 Å². The summed E-state index contributed by atoms with van der Waals surface area (Å²) in [6, 6.07) is 16.7. The summed E-state index contributed by atoms with van der Waals surface area (Å²) in [5.41, 5.74) is 2.80. The highest BCUT2D eigenvalue weighted by Crippen LogP contribution is 2.30. The molecule has 0 saturated carbocycles. The van der Waals surface area contributed by atoms with Crippen molar-refractivity contribution in [3.05, 3.63) is 99.9 Å². The molecule has 4 aromatic rings. The zero-order valence-corrected chi connectivity index (χ0v) is 20.3. The summed E-state index contributed by atoms with van der Waals surface area (Å²) in [4.78, 5) is 18.5. The van der Waals surface area contributed by atoms with E-state index in [-0.39, 0.29) is 10.5 Å². The van der Waals surface area contributed by atoms with Crippen molar-refractivity contribution in [2.45, 2.75) is 38.1 Å². The van der Waals surface area contributed by atoms with Crippen LogP contribution in [-0.4, -0.2) is 29.3 Å². The van der Waals surface area contributed by atoms with Crippen LogP contribution in [0.25, 0.3) is 16.6 Å². The van der Waals surface area contributed by atoms with Gasteiger partial charge < -0.3 is 0 Å². The molecule has 1 aromatic heterocycles. The molecule has 1 unspecified atom stereocenters. The molecule has 3 aromatic carbocycles. The maximum absolute atomic E-state index is 13.7. The molecule has 0 radical (unpaired) electrons. The maximum atomic E-state index is 13.7. The third kappa shape index (κ3) is 4.15. The highest BCUT2D eigenvalue weighted by molar-refractivity contribution is 7.89. The van der Waals surface area contributed by atoms with Gasteiger partial charge in [-0.05, 0) is 68.3 Å². The van der Waals surface area contributed by atoms with Crippen LogP contribution in [0.1, 0.15) is 36.3 Å². The molecule has 0 N–H and O–H groups in total. The first-order valence-corrected chi connectivity index (χ1v) is 12.4. The van der Waals surface area contributed by atoms with Crippen LogP contribution in [-0.2, 0) is 10.0 Å². The molecular formula is C26H26FN3O3S. The Hall–Kier alpha value is -3.36. The lowest BCUT2D eigenvalue weighted by atomic mass is 10.1. The third-order valence-electron chi connectivity index (χ3n) is 6.01. The topological polar surface area (TPSA) is 72.3 Å². The van der Waals surface area contributed by atoms with Crippen molar-refractivity contribution in [2.75, 3.05) is 7.05 Å². The molecule has 0 aliphatic carbocycles. The van der Waals surface area contributed by atoms with E-state index in [9.17, 15) is 17.6 Å². The normalized spacial score (nSPS) is 12.9. The van der Waals surface area contributed by atoms with Gasteiger partial charge in [0.05, 0.1) is 27.5 Å². The van der Waals surface area contributed by atoms with Gasteiger partial charge >= 0.3 is 0 Å². The Morgan fingerprint density at radius 3 is 2.35 bits per heavy atom. The minimum Gasteiger partial charge on any atom is -0.268 e. The molecule has 4 rings (SSSR count). The molecule has 6 nitrogen and oxygen atoms in total. The van der Waals surface area contributed by atoms with E-state index in [4.69, 9.17) is 4.98 Å². The standard InChI is InChI=1S/C26H26FN3O3S/c1-5-23(29(4)34(32,33)20-13-11-19(27)12-14-20)25-28-22-9-7-6-8-21(22)26(31)30(25)24-15-10-17(2)16-18(24)3/h6-16,23H,5H2,1-4H3. The molecule has 0 amide bonds. The second kappa shape index (κ2) is 9.12. The molecule has 176 valence electrons. The van der Waals surface area contributed by atoms with Gasteiger partial charge in [-0.1, -0.05) is 36.8 Å². The number of fused-ring (bicyclic) bond motifs is 1. The van der Waals surface area contributed by atoms with Crippen LogP contribution >= 0.6 is 0 Å². The predicted molar refractivity (Wildman–Crippen MR) is 131 cm³/mol. The van der Waals surface area contributed by atoms with E-state index in [0.717, 1.165) is 23.3 Å². The number of sulfonamides is 1. The van der Waals surface area contributed by atoms with E-state index in [1.807, 2.05) is 39.0 Å². The van der Waals surface area contributed by atoms with Gasteiger partial charge in [-0.3, -0.25) is 9.36 Å². The smallest absolute Gasteiger partial charge is 0.266 e. The monoisotopic (exact) mass is 479 g/mol. The zero-order chi connectivity index (χ0) is 24.6. The summed E-state index contributed by atoms with van der Waals surface area (Å²) < 4.78 is 43.0. The Morgan fingerprint density at radius 2 is 1.71 bits per heavy atom. The van der Waals surface area contributed by atoms with Gasteiger partial charge in [0.2, 0.25) is 10.0 Å². The van der Waals surface area contributed by atoms with Gasteiger partial charge in [-0.15, -0.1) is 0 Å². The number of para-hydroxylation sites is 1. The first-order valence-electron chi connectivity index (χ1n) is 11.0. The fourth-order valence-electron chi connectivity index (χ4n) is 4.21. The number of hydrogen-bond acceptors (Lipinski definition) is 4. The molecule has 0 aliphatic rings. The van der Waals surface area contributed by atoms with Crippen molar-refractivity contribution < 1.29 is 12.8 Å². The molecule has 0 spiro atoms. The number of halogens is 1. The summed E-state index contributed by atoms with van der Waals surface area (Å²) in [6.07, 6.45) is 0.368. The molecular weight excluding hydrogens is 453 g/mol. The average molecular weight is 480 g/mol. The highest BCUT2D eigenvalue weighted by atomic mass is 32.2. The van der Waals surface area contributed by atoms with Crippen molar-refractivity contribution in [3.63, 3.8) is 0 Å². The van der Waals surface area contributed by atoms with E-state index < -0.39 is 21.9 Å². The van der Waals surface area contributed by atoms with Crippen LogP contribution in [0.15, 0.2) is 76.4 Å². The van der Waals surface area contributed by atoms with Crippen LogP contribution < -0.4 is 5.56 Å².